The minimum Gasteiger partial charge on any atom is -0.310 e. The quantitative estimate of drug-likeness (QED) is 0.872. The lowest BCUT2D eigenvalue weighted by Crippen LogP contribution is -2.39. The maximum Gasteiger partial charge on any atom is 0.179 e. The number of benzene rings is 1. The van der Waals surface area contributed by atoms with E-state index >= 15 is 0 Å². The van der Waals surface area contributed by atoms with Gasteiger partial charge in [-0.2, -0.15) is 11.8 Å². The average molecular weight is 328 g/mol. The summed E-state index contributed by atoms with van der Waals surface area (Å²) in [5.74, 6) is 0.163. The number of rotatable bonds is 6. The standard InChI is InChI=1S/C16H25NO2S2/c1-12-4-8-16(9-5-12)21(18,19)11-13(2)17-14-6-7-15(10-14)20-3/h4-5,8-9,13-15,17H,6-7,10-11H2,1-3H3/t13-,14+,15-/m1/s1. The van der Waals surface area contributed by atoms with Crippen LogP contribution in [0.1, 0.15) is 31.7 Å². The molecule has 0 spiro atoms. The Balaban J connectivity index is 1.92. The Labute approximate surface area is 132 Å². The highest BCUT2D eigenvalue weighted by atomic mass is 32.2. The van der Waals surface area contributed by atoms with Crippen LogP contribution in [0.3, 0.4) is 0 Å². The SMILES string of the molecule is CS[C@@H]1CC[C@H](N[C@H](C)CS(=O)(=O)c2ccc(C)cc2)C1. The van der Waals surface area contributed by atoms with Gasteiger partial charge in [-0.05, 0) is 51.5 Å². The molecule has 0 amide bonds. The lowest BCUT2D eigenvalue weighted by molar-refractivity contribution is 0.469. The van der Waals surface area contributed by atoms with Gasteiger partial charge >= 0.3 is 0 Å². The molecule has 1 saturated carbocycles. The summed E-state index contributed by atoms with van der Waals surface area (Å²) in [6.45, 7) is 3.93. The molecular weight excluding hydrogens is 302 g/mol. The van der Waals surface area contributed by atoms with E-state index in [0.29, 0.717) is 10.9 Å². The van der Waals surface area contributed by atoms with Gasteiger partial charge in [-0.1, -0.05) is 17.7 Å². The van der Waals surface area contributed by atoms with E-state index in [-0.39, 0.29) is 11.8 Å². The molecule has 0 bridgehead atoms. The molecule has 0 aliphatic heterocycles. The molecule has 0 saturated heterocycles. The van der Waals surface area contributed by atoms with Crippen LogP contribution in [0.5, 0.6) is 0 Å². The van der Waals surface area contributed by atoms with Crippen molar-refractivity contribution in [3.63, 3.8) is 0 Å². The van der Waals surface area contributed by atoms with Gasteiger partial charge in [0.25, 0.3) is 0 Å². The fraction of sp³-hybridized carbons (Fsp3) is 0.625. The highest BCUT2D eigenvalue weighted by Gasteiger charge is 2.26. The van der Waals surface area contributed by atoms with Crippen molar-refractivity contribution < 1.29 is 8.42 Å². The summed E-state index contributed by atoms with van der Waals surface area (Å²) < 4.78 is 24.8. The van der Waals surface area contributed by atoms with Gasteiger partial charge in [0.2, 0.25) is 0 Å². The van der Waals surface area contributed by atoms with E-state index in [1.807, 2.05) is 37.7 Å². The lowest BCUT2D eigenvalue weighted by Gasteiger charge is -2.19. The molecule has 21 heavy (non-hydrogen) atoms. The van der Waals surface area contributed by atoms with E-state index in [1.165, 1.54) is 6.42 Å². The zero-order chi connectivity index (χ0) is 15.5. The first kappa shape index (κ1) is 16.8. The van der Waals surface area contributed by atoms with Crippen LogP contribution in [0.25, 0.3) is 0 Å². The van der Waals surface area contributed by atoms with Gasteiger partial charge in [-0.3, -0.25) is 0 Å². The molecule has 1 aromatic rings. The Morgan fingerprint density at radius 2 is 1.95 bits per heavy atom. The van der Waals surface area contributed by atoms with Gasteiger partial charge in [0, 0.05) is 17.3 Å². The first-order chi connectivity index (χ1) is 9.90. The Hall–Kier alpha value is -0.520. The Bertz CT molecular complexity index is 554. The fourth-order valence-electron chi connectivity index (χ4n) is 2.93. The Kier molecular flexibility index (Phi) is 5.74. The number of hydrogen-bond donors (Lipinski definition) is 1. The van der Waals surface area contributed by atoms with Crippen molar-refractivity contribution in [1.29, 1.82) is 0 Å². The van der Waals surface area contributed by atoms with E-state index in [4.69, 9.17) is 0 Å². The van der Waals surface area contributed by atoms with Crippen LogP contribution in [-0.2, 0) is 9.84 Å². The first-order valence-electron chi connectivity index (χ1n) is 7.49. The lowest BCUT2D eigenvalue weighted by atomic mass is 10.2. The second-order valence-corrected chi connectivity index (χ2v) is 9.20. The molecule has 0 unspecified atom stereocenters. The number of hydrogen-bond acceptors (Lipinski definition) is 4. The third-order valence-corrected chi connectivity index (χ3v) is 7.11. The monoisotopic (exact) mass is 327 g/mol. The minimum atomic E-state index is -3.20. The molecule has 5 heteroatoms. The summed E-state index contributed by atoms with van der Waals surface area (Å²) in [5, 5.41) is 4.21. The largest absolute Gasteiger partial charge is 0.310 e. The highest BCUT2D eigenvalue weighted by Crippen LogP contribution is 2.28. The summed E-state index contributed by atoms with van der Waals surface area (Å²) in [5.41, 5.74) is 1.08. The van der Waals surface area contributed by atoms with Crippen LogP contribution >= 0.6 is 11.8 Å². The molecule has 118 valence electrons. The normalized spacial score (nSPS) is 24.1. The smallest absolute Gasteiger partial charge is 0.179 e. The van der Waals surface area contributed by atoms with Crippen LogP contribution in [0, 0.1) is 6.92 Å². The summed E-state index contributed by atoms with van der Waals surface area (Å²) in [6.07, 6.45) is 5.69. The minimum absolute atomic E-state index is 0.0121. The van der Waals surface area contributed by atoms with Crippen molar-refractivity contribution in [3.8, 4) is 0 Å². The average Bonchev–Trinajstić information content (AvgIpc) is 2.86. The zero-order valence-corrected chi connectivity index (χ0v) is 14.6. The molecule has 0 radical (unpaired) electrons. The van der Waals surface area contributed by atoms with Crippen LogP contribution in [0.2, 0.25) is 0 Å². The van der Waals surface area contributed by atoms with Crippen molar-refractivity contribution >= 4 is 21.6 Å². The Morgan fingerprint density at radius 3 is 2.52 bits per heavy atom. The van der Waals surface area contributed by atoms with Crippen molar-refractivity contribution in [2.24, 2.45) is 0 Å². The van der Waals surface area contributed by atoms with Gasteiger partial charge in [0.05, 0.1) is 10.6 Å². The van der Waals surface area contributed by atoms with Gasteiger partial charge in [-0.25, -0.2) is 8.42 Å². The van der Waals surface area contributed by atoms with Gasteiger partial charge in [0.15, 0.2) is 9.84 Å². The molecular formula is C16H25NO2S2. The van der Waals surface area contributed by atoms with E-state index in [9.17, 15) is 8.42 Å². The number of thioether (sulfide) groups is 1. The van der Waals surface area contributed by atoms with Crippen LogP contribution < -0.4 is 5.32 Å². The van der Waals surface area contributed by atoms with Crippen LogP contribution in [0.15, 0.2) is 29.2 Å². The van der Waals surface area contributed by atoms with Crippen molar-refractivity contribution in [2.75, 3.05) is 12.0 Å². The second-order valence-electron chi connectivity index (χ2n) is 6.03. The Morgan fingerprint density at radius 1 is 1.29 bits per heavy atom. The van der Waals surface area contributed by atoms with Gasteiger partial charge < -0.3 is 5.32 Å². The summed E-state index contributed by atoms with van der Waals surface area (Å²) in [6, 6.07) is 7.57. The van der Waals surface area contributed by atoms with E-state index in [2.05, 4.69) is 11.6 Å². The van der Waals surface area contributed by atoms with E-state index in [1.54, 1.807) is 12.1 Å². The third-order valence-electron chi connectivity index (χ3n) is 4.09. The van der Waals surface area contributed by atoms with Crippen LogP contribution in [-0.4, -0.2) is 37.8 Å². The number of sulfone groups is 1. The molecule has 1 aliphatic rings. The molecule has 1 aliphatic carbocycles. The molecule has 3 atom stereocenters. The van der Waals surface area contributed by atoms with Crippen molar-refractivity contribution in [1.82, 2.24) is 5.32 Å². The maximum absolute atomic E-state index is 12.4. The second kappa shape index (κ2) is 7.16. The highest BCUT2D eigenvalue weighted by molar-refractivity contribution is 7.99. The molecule has 2 rings (SSSR count). The van der Waals surface area contributed by atoms with Gasteiger partial charge in [-0.15, -0.1) is 0 Å². The van der Waals surface area contributed by atoms with E-state index < -0.39 is 9.84 Å². The topological polar surface area (TPSA) is 46.2 Å². The molecule has 0 heterocycles. The van der Waals surface area contributed by atoms with Crippen molar-refractivity contribution in [3.05, 3.63) is 29.8 Å². The van der Waals surface area contributed by atoms with E-state index in [0.717, 1.165) is 23.7 Å². The molecule has 1 fully saturated rings. The van der Waals surface area contributed by atoms with Crippen molar-refractivity contribution in [2.45, 2.75) is 55.3 Å². The number of nitrogens with one attached hydrogen (secondary N) is 1. The zero-order valence-electron chi connectivity index (χ0n) is 13.0. The number of aryl methyl sites for hydroxylation is 1. The molecule has 1 N–H and O–H groups in total. The summed E-state index contributed by atoms with van der Waals surface area (Å²) >= 11 is 1.92. The van der Waals surface area contributed by atoms with Crippen LogP contribution in [0.4, 0.5) is 0 Å². The molecule has 3 nitrogen and oxygen atoms in total. The summed E-state index contributed by atoms with van der Waals surface area (Å²) in [4.78, 5) is 0.426. The first-order valence-corrected chi connectivity index (χ1v) is 10.4. The third kappa shape index (κ3) is 4.73. The summed E-state index contributed by atoms with van der Waals surface area (Å²) in [7, 11) is -3.20. The predicted octanol–water partition coefficient (Wildman–Crippen LogP) is 3.03. The van der Waals surface area contributed by atoms with Gasteiger partial charge in [0.1, 0.15) is 0 Å². The molecule has 1 aromatic carbocycles. The fourth-order valence-corrected chi connectivity index (χ4v) is 5.22. The molecule has 0 aromatic heterocycles. The maximum atomic E-state index is 12.4. The predicted molar refractivity (Wildman–Crippen MR) is 90.8 cm³/mol.